The number of imidazole rings is 1. The Morgan fingerprint density at radius 2 is 1.87 bits per heavy atom. The van der Waals surface area contributed by atoms with Gasteiger partial charge in [-0.1, -0.05) is 23.8 Å². The number of phenolic OH excluding ortho intramolecular Hbond substituents is 1. The second kappa shape index (κ2) is 9.71. The van der Waals surface area contributed by atoms with Crippen LogP contribution < -0.4 is 5.32 Å². The standard InChI is InChI=1S/C25H26N4OS/c1-18-4-9-24(30)22(14-18)23-15-20(19-5-7-21(31-2)8-6-19)16-25(28-23)27-10-3-12-29-13-11-26-17-29/h4-9,11,13-17,30H,3,10,12H2,1-2H3,(H,27,28). The van der Waals surface area contributed by atoms with E-state index < -0.39 is 0 Å². The van der Waals surface area contributed by atoms with Gasteiger partial charge in [0.15, 0.2) is 0 Å². The summed E-state index contributed by atoms with van der Waals surface area (Å²) in [5.41, 5.74) is 4.76. The second-order valence-corrected chi connectivity index (χ2v) is 8.34. The highest BCUT2D eigenvalue weighted by molar-refractivity contribution is 7.98. The molecule has 0 amide bonds. The third-order valence-electron chi connectivity index (χ3n) is 5.14. The van der Waals surface area contributed by atoms with E-state index in [1.54, 1.807) is 24.0 Å². The first-order valence-electron chi connectivity index (χ1n) is 10.3. The Balaban J connectivity index is 1.63. The van der Waals surface area contributed by atoms with E-state index in [1.807, 2.05) is 37.6 Å². The van der Waals surface area contributed by atoms with Crippen molar-refractivity contribution >= 4 is 17.6 Å². The Kier molecular flexibility index (Phi) is 6.57. The molecule has 0 bridgehead atoms. The summed E-state index contributed by atoms with van der Waals surface area (Å²) in [5, 5.41) is 13.9. The summed E-state index contributed by atoms with van der Waals surface area (Å²) in [6, 6.07) is 18.2. The van der Waals surface area contributed by atoms with Crippen molar-refractivity contribution in [3.63, 3.8) is 0 Å². The zero-order valence-corrected chi connectivity index (χ0v) is 18.6. The van der Waals surface area contributed by atoms with Crippen molar-refractivity contribution in [2.24, 2.45) is 0 Å². The van der Waals surface area contributed by atoms with Crippen LogP contribution in [0.3, 0.4) is 0 Å². The minimum Gasteiger partial charge on any atom is -0.507 e. The van der Waals surface area contributed by atoms with E-state index in [-0.39, 0.29) is 5.75 Å². The largest absolute Gasteiger partial charge is 0.507 e. The van der Waals surface area contributed by atoms with Crippen molar-refractivity contribution in [3.8, 4) is 28.1 Å². The average molecular weight is 431 g/mol. The predicted octanol–water partition coefficient (Wildman–Crippen LogP) is 5.85. The molecule has 158 valence electrons. The van der Waals surface area contributed by atoms with Crippen LogP contribution in [0.4, 0.5) is 5.82 Å². The summed E-state index contributed by atoms with van der Waals surface area (Å²) < 4.78 is 2.06. The van der Waals surface area contributed by atoms with E-state index in [0.717, 1.165) is 53.3 Å². The molecule has 2 aromatic carbocycles. The first-order chi connectivity index (χ1) is 15.1. The number of rotatable bonds is 8. The number of anilines is 1. The van der Waals surface area contributed by atoms with Gasteiger partial charge in [0.25, 0.3) is 0 Å². The maximum Gasteiger partial charge on any atom is 0.127 e. The topological polar surface area (TPSA) is 63.0 Å². The molecular weight excluding hydrogens is 404 g/mol. The van der Waals surface area contributed by atoms with Crippen LogP contribution in [0.1, 0.15) is 12.0 Å². The predicted molar refractivity (Wildman–Crippen MR) is 129 cm³/mol. The number of phenols is 1. The van der Waals surface area contributed by atoms with Gasteiger partial charge in [0.1, 0.15) is 11.6 Å². The van der Waals surface area contributed by atoms with E-state index in [9.17, 15) is 5.11 Å². The minimum atomic E-state index is 0.235. The number of aromatic nitrogens is 3. The summed E-state index contributed by atoms with van der Waals surface area (Å²) >= 11 is 1.73. The molecule has 4 aromatic rings. The fraction of sp³-hybridized carbons (Fsp3) is 0.200. The molecule has 31 heavy (non-hydrogen) atoms. The number of aryl methyl sites for hydroxylation is 2. The molecule has 0 saturated carbocycles. The Morgan fingerprint density at radius 3 is 2.61 bits per heavy atom. The molecule has 0 aliphatic heterocycles. The van der Waals surface area contributed by atoms with Gasteiger partial charge in [-0.05, 0) is 67.1 Å². The van der Waals surface area contributed by atoms with Crippen LogP contribution in [0.15, 0.2) is 78.2 Å². The van der Waals surface area contributed by atoms with Gasteiger partial charge in [0.2, 0.25) is 0 Å². The number of benzene rings is 2. The van der Waals surface area contributed by atoms with Gasteiger partial charge in [0.05, 0.1) is 12.0 Å². The maximum atomic E-state index is 10.5. The Morgan fingerprint density at radius 1 is 1.03 bits per heavy atom. The van der Waals surface area contributed by atoms with Gasteiger partial charge < -0.3 is 15.0 Å². The smallest absolute Gasteiger partial charge is 0.127 e. The maximum absolute atomic E-state index is 10.5. The van der Waals surface area contributed by atoms with Crippen LogP contribution in [0.25, 0.3) is 22.4 Å². The van der Waals surface area contributed by atoms with Crippen molar-refractivity contribution in [1.29, 1.82) is 0 Å². The molecule has 0 atom stereocenters. The lowest BCUT2D eigenvalue weighted by atomic mass is 10.0. The van der Waals surface area contributed by atoms with Crippen LogP contribution in [-0.4, -0.2) is 32.4 Å². The van der Waals surface area contributed by atoms with E-state index in [1.165, 1.54) is 4.90 Å². The number of nitrogens with one attached hydrogen (secondary N) is 1. The number of pyridine rings is 1. The SMILES string of the molecule is CSc1ccc(-c2cc(NCCCn3ccnc3)nc(-c3cc(C)ccc3O)c2)cc1. The molecule has 2 aromatic heterocycles. The zero-order valence-electron chi connectivity index (χ0n) is 17.7. The molecule has 0 saturated heterocycles. The molecule has 0 aliphatic rings. The lowest BCUT2D eigenvalue weighted by molar-refractivity contribution is 0.477. The molecular formula is C25H26N4OS. The molecule has 5 nitrogen and oxygen atoms in total. The second-order valence-electron chi connectivity index (χ2n) is 7.46. The summed E-state index contributed by atoms with van der Waals surface area (Å²) in [5.74, 6) is 1.03. The molecule has 6 heteroatoms. The van der Waals surface area contributed by atoms with Gasteiger partial charge in [-0.2, -0.15) is 0 Å². The molecule has 2 heterocycles. The summed E-state index contributed by atoms with van der Waals surface area (Å²) in [6.45, 7) is 3.71. The van der Waals surface area contributed by atoms with E-state index >= 15 is 0 Å². The van der Waals surface area contributed by atoms with E-state index in [2.05, 4.69) is 51.5 Å². The zero-order chi connectivity index (χ0) is 21.6. The summed E-state index contributed by atoms with van der Waals surface area (Å²) in [6.07, 6.45) is 8.62. The highest BCUT2D eigenvalue weighted by Crippen LogP contribution is 2.33. The summed E-state index contributed by atoms with van der Waals surface area (Å²) in [4.78, 5) is 10.1. The van der Waals surface area contributed by atoms with Gasteiger partial charge in [-0.3, -0.25) is 0 Å². The number of hydrogen-bond donors (Lipinski definition) is 2. The van der Waals surface area contributed by atoms with Gasteiger partial charge >= 0.3 is 0 Å². The third-order valence-corrected chi connectivity index (χ3v) is 5.88. The number of nitrogens with zero attached hydrogens (tertiary/aromatic N) is 3. The van der Waals surface area contributed by atoms with Crippen molar-refractivity contribution in [2.75, 3.05) is 18.1 Å². The van der Waals surface area contributed by atoms with Crippen LogP contribution in [-0.2, 0) is 6.54 Å². The highest BCUT2D eigenvalue weighted by atomic mass is 32.2. The monoisotopic (exact) mass is 430 g/mol. The first kappa shape index (κ1) is 21.0. The molecule has 0 radical (unpaired) electrons. The van der Waals surface area contributed by atoms with Crippen LogP contribution >= 0.6 is 11.8 Å². The molecule has 4 rings (SSSR count). The molecule has 0 aliphatic carbocycles. The van der Waals surface area contributed by atoms with Gasteiger partial charge in [-0.15, -0.1) is 11.8 Å². The Labute approximate surface area is 187 Å². The fourth-order valence-electron chi connectivity index (χ4n) is 3.46. The van der Waals surface area contributed by atoms with Gasteiger partial charge in [-0.25, -0.2) is 9.97 Å². The molecule has 0 spiro atoms. The Bertz CT molecular complexity index is 1140. The van der Waals surface area contributed by atoms with Crippen molar-refractivity contribution in [3.05, 3.63) is 78.9 Å². The van der Waals surface area contributed by atoms with Crippen molar-refractivity contribution in [1.82, 2.24) is 14.5 Å². The number of aromatic hydroxyl groups is 1. The lowest BCUT2D eigenvalue weighted by Gasteiger charge is -2.13. The fourth-order valence-corrected chi connectivity index (χ4v) is 3.87. The van der Waals surface area contributed by atoms with Crippen molar-refractivity contribution < 1.29 is 5.11 Å². The first-order valence-corrected chi connectivity index (χ1v) is 11.5. The van der Waals surface area contributed by atoms with E-state index in [4.69, 9.17) is 4.98 Å². The minimum absolute atomic E-state index is 0.235. The Hall–Kier alpha value is -3.25. The van der Waals surface area contributed by atoms with Crippen LogP contribution in [0.5, 0.6) is 5.75 Å². The average Bonchev–Trinajstić information content (AvgIpc) is 3.32. The third kappa shape index (κ3) is 5.27. The number of hydrogen-bond acceptors (Lipinski definition) is 5. The molecule has 0 unspecified atom stereocenters. The normalized spacial score (nSPS) is 10.9. The van der Waals surface area contributed by atoms with Gasteiger partial charge in [0, 0.05) is 35.9 Å². The quantitative estimate of drug-likeness (QED) is 0.271. The highest BCUT2D eigenvalue weighted by Gasteiger charge is 2.11. The van der Waals surface area contributed by atoms with Crippen molar-refractivity contribution in [2.45, 2.75) is 24.8 Å². The van der Waals surface area contributed by atoms with Crippen LogP contribution in [0, 0.1) is 6.92 Å². The summed E-state index contributed by atoms with van der Waals surface area (Å²) in [7, 11) is 0. The number of thioether (sulfide) groups is 1. The van der Waals surface area contributed by atoms with Crippen LogP contribution in [0.2, 0.25) is 0 Å². The lowest BCUT2D eigenvalue weighted by Crippen LogP contribution is -2.07. The van der Waals surface area contributed by atoms with E-state index in [0.29, 0.717) is 0 Å². The molecule has 2 N–H and O–H groups in total. The molecule has 0 fully saturated rings.